The highest BCUT2D eigenvalue weighted by Crippen LogP contribution is 2.22. The number of likely N-dealkylation sites (tertiary alicyclic amines) is 1. The number of hydrogen-bond acceptors (Lipinski definition) is 2. The molecule has 0 saturated carbocycles. The molecular weight excluding hydrogens is 382 g/mol. The minimum atomic E-state index is -3.81. The predicted octanol–water partition coefficient (Wildman–Crippen LogP) is 6.75. The van der Waals surface area contributed by atoms with Crippen LogP contribution in [0.3, 0.4) is 0 Å². The Balaban J connectivity index is 2.00. The van der Waals surface area contributed by atoms with E-state index in [0.29, 0.717) is 6.42 Å². The van der Waals surface area contributed by atoms with Gasteiger partial charge in [-0.1, -0.05) is 84.0 Å². The highest BCUT2D eigenvalue weighted by molar-refractivity contribution is 7.85. The third-order valence-electron chi connectivity index (χ3n) is 6.79. The van der Waals surface area contributed by atoms with Gasteiger partial charge in [-0.05, 0) is 32.1 Å². The lowest BCUT2D eigenvalue weighted by Crippen LogP contribution is -2.52. The normalized spacial score (nSPS) is 16.9. The van der Waals surface area contributed by atoms with Crippen molar-refractivity contribution < 1.29 is 17.5 Å². The topological polar surface area (TPSA) is 54.4 Å². The van der Waals surface area contributed by atoms with Crippen LogP contribution >= 0.6 is 0 Å². The molecule has 0 aromatic heterocycles. The molecule has 1 fully saturated rings. The van der Waals surface area contributed by atoms with Crippen molar-refractivity contribution in [1.82, 2.24) is 0 Å². The van der Waals surface area contributed by atoms with Crippen molar-refractivity contribution in [1.29, 1.82) is 0 Å². The second kappa shape index (κ2) is 16.5. The molecule has 0 amide bonds. The van der Waals surface area contributed by atoms with Gasteiger partial charge >= 0.3 is 0 Å². The zero-order valence-corrected chi connectivity index (χ0v) is 20.2. The van der Waals surface area contributed by atoms with E-state index in [2.05, 4.69) is 6.92 Å². The average molecular weight is 433 g/mol. The number of nitrogens with zero attached hydrogens (tertiary/aromatic N) is 1. The summed E-state index contributed by atoms with van der Waals surface area (Å²) in [7, 11) is -3.81. The lowest BCUT2D eigenvalue weighted by molar-refractivity contribution is -0.932. The maximum Gasteiger partial charge on any atom is 0.265 e. The molecule has 1 rings (SSSR count). The van der Waals surface area contributed by atoms with Crippen molar-refractivity contribution in [2.75, 3.05) is 31.9 Å². The van der Waals surface area contributed by atoms with Crippen molar-refractivity contribution in [3.63, 3.8) is 0 Å². The Morgan fingerprint density at radius 1 is 0.621 bits per heavy atom. The monoisotopic (exact) mass is 432 g/mol. The molecule has 0 aromatic carbocycles. The molecule has 1 saturated heterocycles. The van der Waals surface area contributed by atoms with Crippen LogP contribution in [0.15, 0.2) is 0 Å². The van der Waals surface area contributed by atoms with Gasteiger partial charge in [0.2, 0.25) is 0 Å². The van der Waals surface area contributed by atoms with E-state index < -0.39 is 10.1 Å². The van der Waals surface area contributed by atoms with Crippen molar-refractivity contribution >= 4 is 10.1 Å². The number of quaternary nitrogens is 1. The van der Waals surface area contributed by atoms with Crippen molar-refractivity contribution in [2.45, 2.75) is 122 Å². The molecule has 0 bridgehead atoms. The van der Waals surface area contributed by atoms with Crippen molar-refractivity contribution in [3.8, 4) is 0 Å². The van der Waals surface area contributed by atoms with Gasteiger partial charge in [0.25, 0.3) is 10.1 Å². The van der Waals surface area contributed by atoms with Crippen molar-refractivity contribution in [2.24, 2.45) is 0 Å². The Kier molecular flexibility index (Phi) is 15.4. The van der Waals surface area contributed by atoms with Gasteiger partial charge in [0, 0.05) is 6.42 Å². The fraction of sp³-hybridized carbons (Fsp3) is 1.00. The fourth-order valence-corrected chi connectivity index (χ4v) is 5.46. The molecule has 0 aliphatic carbocycles. The SMILES string of the molecule is CCCCCCCCCCCCCCCC[N+]1(CCCS(=O)(=O)O)CCCCC1. The third kappa shape index (κ3) is 15.3. The Labute approximate surface area is 182 Å². The molecule has 0 aromatic rings. The molecule has 0 unspecified atom stereocenters. The summed E-state index contributed by atoms with van der Waals surface area (Å²) in [5, 5.41) is 0. The first-order chi connectivity index (χ1) is 14.0. The van der Waals surface area contributed by atoms with Gasteiger partial charge < -0.3 is 4.48 Å². The zero-order chi connectivity index (χ0) is 21.3. The van der Waals surface area contributed by atoms with Crippen LogP contribution in [0.5, 0.6) is 0 Å². The minimum absolute atomic E-state index is 0.0776. The first-order valence-electron chi connectivity index (χ1n) is 12.8. The van der Waals surface area contributed by atoms with Crippen LogP contribution < -0.4 is 0 Å². The van der Waals surface area contributed by atoms with Crippen LogP contribution in [0.2, 0.25) is 0 Å². The molecule has 5 heteroatoms. The van der Waals surface area contributed by atoms with Crippen LogP contribution in [0.4, 0.5) is 0 Å². The summed E-state index contributed by atoms with van der Waals surface area (Å²) in [6.45, 7) is 6.79. The second-order valence-corrected chi connectivity index (χ2v) is 11.1. The summed E-state index contributed by atoms with van der Waals surface area (Å²) in [4.78, 5) is 0. The molecule has 1 aliphatic heterocycles. The molecule has 1 N–H and O–H groups in total. The minimum Gasteiger partial charge on any atom is -0.324 e. The molecule has 29 heavy (non-hydrogen) atoms. The van der Waals surface area contributed by atoms with Gasteiger partial charge in [-0.15, -0.1) is 0 Å². The Morgan fingerprint density at radius 3 is 1.48 bits per heavy atom. The maximum absolute atomic E-state index is 11.0. The second-order valence-electron chi connectivity index (χ2n) is 9.53. The van der Waals surface area contributed by atoms with Crippen LogP contribution in [0.1, 0.15) is 122 Å². The quantitative estimate of drug-likeness (QED) is 0.140. The average Bonchev–Trinajstić information content (AvgIpc) is 2.68. The molecular formula is C24H50NO3S+. The summed E-state index contributed by atoms with van der Waals surface area (Å²) in [5.41, 5.74) is 0. The van der Waals surface area contributed by atoms with Gasteiger partial charge in [-0.2, -0.15) is 8.42 Å². The number of rotatable bonds is 19. The zero-order valence-electron chi connectivity index (χ0n) is 19.4. The van der Waals surface area contributed by atoms with Gasteiger partial charge in [-0.25, -0.2) is 0 Å². The van der Waals surface area contributed by atoms with Crippen molar-refractivity contribution in [3.05, 3.63) is 0 Å². The van der Waals surface area contributed by atoms with Crippen LogP contribution in [0, 0.1) is 0 Å². The lowest BCUT2D eigenvalue weighted by Gasteiger charge is -2.42. The molecule has 4 nitrogen and oxygen atoms in total. The molecule has 0 spiro atoms. The van der Waals surface area contributed by atoms with Gasteiger partial charge in [0.05, 0.1) is 31.9 Å². The molecule has 0 atom stereocenters. The van der Waals surface area contributed by atoms with E-state index in [9.17, 15) is 8.42 Å². The van der Waals surface area contributed by atoms with Crippen LogP contribution in [0.25, 0.3) is 0 Å². The van der Waals surface area contributed by atoms with Gasteiger partial charge in [-0.3, -0.25) is 4.55 Å². The number of hydrogen-bond donors (Lipinski definition) is 1. The standard InChI is InChI=1S/C24H49NO3S/c1-2-3-4-5-6-7-8-9-10-11-12-13-14-16-20-25(21-17-15-18-22-25)23-19-24-29(26,27)28/h2-24H2,1H3/p+1. The largest absolute Gasteiger partial charge is 0.324 e. The first-order valence-corrected chi connectivity index (χ1v) is 14.4. The summed E-state index contributed by atoms with van der Waals surface area (Å²) >= 11 is 0. The van der Waals surface area contributed by atoms with E-state index in [4.69, 9.17) is 4.55 Å². The molecule has 1 heterocycles. The summed E-state index contributed by atoms with van der Waals surface area (Å²) < 4.78 is 32.1. The molecule has 0 radical (unpaired) electrons. The lowest BCUT2D eigenvalue weighted by atomic mass is 10.0. The summed E-state index contributed by atoms with van der Waals surface area (Å²) in [6, 6.07) is 0. The summed E-state index contributed by atoms with van der Waals surface area (Å²) in [5.74, 6) is -0.0776. The third-order valence-corrected chi connectivity index (χ3v) is 7.59. The van der Waals surface area contributed by atoms with E-state index in [1.807, 2.05) is 0 Å². The molecule has 174 valence electrons. The fourth-order valence-electron chi connectivity index (χ4n) is 4.97. The van der Waals surface area contributed by atoms with E-state index in [1.165, 1.54) is 129 Å². The van der Waals surface area contributed by atoms with E-state index in [-0.39, 0.29) is 5.75 Å². The highest BCUT2D eigenvalue weighted by Gasteiger charge is 2.29. The van der Waals surface area contributed by atoms with Gasteiger partial charge in [0.1, 0.15) is 0 Å². The van der Waals surface area contributed by atoms with Crippen LogP contribution in [-0.4, -0.2) is 49.4 Å². The Morgan fingerprint density at radius 2 is 1.03 bits per heavy atom. The predicted molar refractivity (Wildman–Crippen MR) is 125 cm³/mol. The Hall–Kier alpha value is -0.130. The summed E-state index contributed by atoms with van der Waals surface area (Å²) in [6.07, 6.45) is 23.9. The number of unbranched alkanes of at least 4 members (excludes halogenated alkanes) is 13. The first kappa shape index (κ1) is 26.9. The van der Waals surface area contributed by atoms with Gasteiger partial charge in [0.15, 0.2) is 0 Å². The van der Waals surface area contributed by atoms with Crippen LogP contribution in [-0.2, 0) is 10.1 Å². The maximum atomic E-state index is 11.0. The van der Waals surface area contributed by atoms with E-state index in [0.717, 1.165) is 11.0 Å². The van der Waals surface area contributed by atoms with E-state index in [1.54, 1.807) is 0 Å². The Bertz CT molecular complexity index is 473. The smallest absolute Gasteiger partial charge is 0.265 e. The molecule has 1 aliphatic rings. The highest BCUT2D eigenvalue weighted by atomic mass is 32.2. The number of piperidine rings is 1. The van der Waals surface area contributed by atoms with E-state index >= 15 is 0 Å².